The van der Waals surface area contributed by atoms with Crippen LogP contribution in [0.1, 0.15) is 68.6 Å². The Balaban J connectivity index is 1.52. The summed E-state index contributed by atoms with van der Waals surface area (Å²) in [7, 11) is 1.51. The number of primary amides is 1. The van der Waals surface area contributed by atoms with E-state index in [1.807, 2.05) is 11.8 Å². The zero-order valence-corrected chi connectivity index (χ0v) is 25.7. The van der Waals surface area contributed by atoms with Crippen molar-refractivity contribution in [1.29, 1.82) is 0 Å². The number of ether oxygens (including phenoxy) is 1. The summed E-state index contributed by atoms with van der Waals surface area (Å²) in [6, 6.07) is 6.40. The lowest BCUT2D eigenvalue weighted by Crippen LogP contribution is -2.47. The van der Waals surface area contributed by atoms with Crippen LogP contribution in [-0.2, 0) is 11.0 Å². The van der Waals surface area contributed by atoms with E-state index < -0.39 is 23.8 Å². The molecule has 3 heterocycles. The molecule has 1 aliphatic rings. The van der Waals surface area contributed by atoms with Gasteiger partial charge in [0.25, 0.3) is 0 Å². The Hall–Kier alpha value is -5.21. The molecule has 1 saturated carbocycles. The maximum Gasteiger partial charge on any atom is 0.434 e. The van der Waals surface area contributed by atoms with E-state index in [2.05, 4.69) is 24.9 Å². The van der Waals surface area contributed by atoms with Gasteiger partial charge in [-0.15, -0.1) is 0 Å². The van der Waals surface area contributed by atoms with Crippen LogP contribution in [0.4, 0.5) is 19.1 Å². The maximum atomic E-state index is 13.5. The number of amides is 1. The predicted molar refractivity (Wildman–Crippen MR) is 163 cm³/mol. The number of carbonyl (C=O) groups is 1. The van der Waals surface area contributed by atoms with Gasteiger partial charge in [-0.3, -0.25) is 10.2 Å². The number of methoxy groups -OCH3 is 1. The molecule has 3 aromatic heterocycles. The van der Waals surface area contributed by atoms with E-state index in [0.29, 0.717) is 28.5 Å². The van der Waals surface area contributed by atoms with Crippen LogP contribution in [0, 0.1) is 0 Å². The third-order valence-corrected chi connectivity index (χ3v) is 7.55. The first kappa shape index (κ1) is 32.2. The Kier molecular flexibility index (Phi) is 9.12. The van der Waals surface area contributed by atoms with Crippen molar-refractivity contribution in [3.8, 4) is 28.7 Å². The van der Waals surface area contributed by atoms with E-state index in [9.17, 15) is 18.0 Å². The van der Waals surface area contributed by atoms with E-state index in [4.69, 9.17) is 20.9 Å². The molecule has 4 N–H and O–H groups in total. The second-order valence-corrected chi connectivity index (χ2v) is 11.2. The first-order valence-corrected chi connectivity index (χ1v) is 14.6. The molecular formula is C31H34F3N10O2+. The van der Waals surface area contributed by atoms with Gasteiger partial charge in [-0.25, -0.2) is 24.9 Å². The Morgan fingerprint density at radius 2 is 1.78 bits per heavy atom. The molecule has 0 aliphatic heterocycles. The van der Waals surface area contributed by atoms with Crippen molar-refractivity contribution in [1.82, 2.24) is 34.5 Å². The van der Waals surface area contributed by atoms with E-state index >= 15 is 0 Å². The number of aromatic nitrogens is 7. The molecule has 1 atom stereocenters. The molecule has 4 aromatic rings. The van der Waals surface area contributed by atoms with Crippen LogP contribution in [0.25, 0.3) is 22.8 Å². The summed E-state index contributed by atoms with van der Waals surface area (Å²) in [4.78, 5) is 39.5. The van der Waals surface area contributed by atoms with E-state index in [1.54, 1.807) is 38.1 Å². The number of nitrogens with zero attached hydrogens (tertiary/aromatic N) is 8. The number of carbonyl (C=O) groups excluding carboxylic acids is 1. The number of anilines is 1. The van der Waals surface area contributed by atoms with Crippen LogP contribution in [-0.4, -0.2) is 59.7 Å². The summed E-state index contributed by atoms with van der Waals surface area (Å²) in [6.07, 6.45) is 3.83. The summed E-state index contributed by atoms with van der Waals surface area (Å²) in [5.41, 5.74) is 7.31. The highest BCUT2D eigenvalue weighted by Crippen LogP contribution is 2.45. The van der Waals surface area contributed by atoms with Crippen molar-refractivity contribution >= 4 is 17.6 Å². The topological polar surface area (TPSA) is 163 Å². The van der Waals surface area contributed by atoms with Crippen molar-refractivity contribution in [3.05, 3.63) is 72.2 Å². The van der Waals surface area contributed by atoms with Crippen molar-refractivity contribution in [3.63, 3.8) is 0 Å². The number of halogens is 3. The minimum absolute atomic E-state index is 0.0980. The second-order valence-electron chi connectivity index (χ2n) is 11.2. The molecule has 1 aliphatic carbocycles. The minimum Gasteiger partial charge on any atom is -0.480 e. The monoisotopic (exact) mass is 635 g/mol. The fraction of sp³-hybridized carbons (Fsp3) is 0.355. The molecular weight excluding hydrogens is 601 g/mol. The predicted octanol–water partition coefficient (Wildman–Crippen LogP) is 3.49. The molecule has 0 spiro atoms. The van der Waals surface area contributed by atoms with Gasteiger partial charge in [0.05, 0.1) is 18.8 Å². The van der Waals surface area contributed by atoms with Crippen LogP contribution < -0.4 is 20.8 Å². The van der Waals surface area contributed by atoms with Gasteiger partial charge in [-0.2, -0.15) is 18.2 Å². The number of rotatable bonds is 12. The zero-order chi connectivity index (χ0) is 33.2. The lowest BCUT2D eigenvalue weighted by molar-refractivity contribution is -0.141. The molecule has 12 nitrogen and oxygen atoms in total. The normalized spacial score (nSPS) is 14.1. The van der Waals surface area contributed by atoms with Crippen molar-refractivity contribution in [2.75, 3.05) is 18.6 Å². The molecule has 0 saturated heterocycles. The average Bonchev–Trinajstić information content (AvgIpc) is 3.77. The van der Waals surface area contributed by atoms with Crippen molar-refractivity contribution in [2.45, 2.75) is 57.8 Å². The molecule has 240 valence electrons. The number of alkyl halides is 3. The standard InChI is InChI=1S/C31H33F3N10O2/c1-17(2)43-14-23(31(32,33)34)41-28(43)21-9-5-19(6-10-21)18(3)44(13-22(35)11-12-24(36)45)30-40-16-38-27(42-30)25-26(20-7-8-20)37-15-39-29(25)46-4/h5-6,9-12,14-18,20,35H,7-8,13H2,1-4H3,(H2,36,45)/p+1/b12-11-,35-22?. The molecule has 46 heavy (non-hydrogen) atoms. The van der Waals surface area contributed by atoms with Crippen LogP contribution in [0.3, 0.4) is 0 Å². The number of hydrogen-bond donors (Lipinski definition) is 2. The van der Waals surface area contributed by atoms with Gasteiger partial charge in [0.2, 0.25) is 17.7 Å². The van der Waals surface area contributed by atoms with E-state index in [-0.39, 0.29) is 30.3 Å². The average molecular weight is 636 g/mol. The number of hydrogen-bond acceptors (Lipinski definition) is 9. The summed E-state index contributed by atoms with van der Waals surface area (Å²) in [6.45, 7) is 5.59. The molecule has 5 rings (SSSR count). The number of nitrogens with two attached hydrogens (primary N) is 2. The molecule has 1 fully saturated rings. The molecule has 0 bridgehead atoms. The Morgan fingerprint density at radius 3 is 2.39 bits per heavy atom. The Morgan fingerprint density at radius 1 is 1.09 bits per heavy atom. The highest BCUT2D eigenvalue weighted by Gasteiger charge is 2.35. The van der Waals surface area contributed by atoms with Gasteiger partial charge in [-0.1, -0.05) is 24.3 Å². The fourth-order valence-electron chi connectivity index (χ4n) is 5.01. The van der Waals surface area contributed by atoms with Crippen LogP contribution in [0.2, 0.25) is 0 Å². The molecule has 0 radical (unpaired) electrons. The fourth-order valence-corrected chi connectivity index (χ4v) is 5.01. The minimum atomic E-state index is -4.57. The first-order chi connectivity index (χ1) is 21.9. The summed E-state index contributed by atoms with van der Waals surface area (Å²) in [5, 5.41) is 6.29. The molecule has 15 heteroatoms. The zero-order valence-electron chi connectivity index (χ0n) is 25.7. The van der Waals surface area contributed by atoms with Crippen LogP contribution in [0.15, 0.2) is 55.3 Å². The second kappa shape index (κ2) is 13.0. The number of benzene rings is 1. The smallest absolute Gasteiger partial charge is 0.434 e. The van der Waals surface area contributed by atoms with Gasteiger partial charge < -0.3 is 19.9 Å². The van der Waals surface area contributed by atoms with Crippen LogP contribution >= 0.6 is 0 Å². The molecule has 1 unspecified atom stereocenters. The number of imidazole rings is 1. The Labute approximate surface area is 263 Å². The largest absolute Gasteiger partial charge is 0.480 e. The quantitative estimate of drug-likeness (QED) is 0.175. The van der Waals surface area contributed by atoms with Crippen molar-refractivity contribution < 1.29 is 28.1 Å². The highest BCUT2D eigenvalue weighted by molar-refractivity contribution is 5.99. The van der Waals surface area contributed by atoms with Gasteiger partial charge in [-0.05, 0) is 39.2 Å². The van der Waals surface area contributed by atoms with E-state index in [1.165, 1.54) is 30.4 Å². The summed E-state index contributed by atoms with van der Waals surface area (Å²) >= 11 is 0. The maximum absolute atomic E-state index is 13.5. The van der Waals surface area contributed by atoms with Gasteiger partial charge in [0, 0.05) is 35.9 Å². The highest BCUT2D eigenvalue weighted by atomic mass is 19.4. The lowest BCUT2D eigenvalue weighted by atomic mass is 10.0. The summed E-state index contributed by atoms with van der Waals surface area (Å²) < 4.78 is 47.5. The third kappa shape index (κ3) is 7.03. The first-order valence-electron chi connectivity index (χ1n) is 14.6. The van der Waals surface area contributed by atoms with Gasteiger partial charge in [0.1, 0.15) is 30.6 Å². The molecule has 1 amide bonds. The van der Waals surface area contributed by atoms with Gasteiger partial charge >= 0.3 is 6.18 Å². The van der Waals surface area contributed by atoms with Gasteiger partial charge in [0.15, 0.2) is 17.2 Å². The SMILES string of the molecule is COc1ncnc(C2CC2)c1-c1ncnc(N(CC(=[NH2+])/C=C\C(N)=O)C(C)c2ccc(-c3nc(C(F)(F)F)cn3C(C)C)cc2)n1. The van der Waals surface area contributed by atoms with Crippen molar-refractivity contribution in [2.24, 2.45) is 5.73 Å². The molecule has 1 aromatic carbocycles. The van der Waals surface area contributed by atoms with Crippen LogP contribution in [0.5, 0.6) is 5.88 Å². The summed E-state index contributed by atoms with van der Waals surface area (Å²) in [5.74, 6) is 0.743. The third-order valence-electron chi connectivity index (χ3n) is 7.55. The lowest BCUT2D eigenvalue weighted by Gasteiger charge is -2.28. The Bertz CT molecular complexity index is 1770. The van der Waals surface area contributed by atoms with E-state index in [0.717, 1.165) is 36.4 Å².